The van der Waals surface area contributed by atoms with Crippen LogP contribution in [-0.2, 0) is 9.53 Å². The number of hydrogen-bond donors (Lipinski definition) is 0. The van der Waals surface area contributed by atoms with E-state index in [2.05, 4.69) is 15.4 Å². The molecule has 0 unspecified atom stereocenters. The Balaban J connectivity index is 2.09. The Morgan fingerprint density at radius 2 is 2.17 bits per heavy atom. The van der Waals surface area contributed by atoms with Crippen LogP contribution in [0.5, 0.6) is 0 Å². The maximum absolute atomic E-state index is 11.1. The van der Waals surface area contributed by atoms with E-state index in [9.17, 15) is 4.79 Å². The van der Waals surface area contributed by atoms with Crippen LogP contribution in [0.1, 0.15) is 6.92 Å². The first kappa shape index (κ1) is 12.0. The maximum atomic E-state index is 11.1. The Kier molecular flexibility index (Phi) is 3.80. The van der Waals surface area contributed by atoms with Crippen molar-refractivity contribution in [1.29, 1.82) is 0 Å². The summed E-state index contributed by atoms with van der Waals surface area (Å²) in [6, 6.07) is 9.47. The first-order valence-electron chi connectivity index (χ1n) is 5.49. The third-order valence-corrected chi connectivity index (χ3v) is 2.09. The highest BCUT2D eigenvalue weighted by molar-refractivity contribution is 5.84. The van der Waals surface area contributed by atoms with Gasteiger partial charge in [-0.3, -0.25) is 0 Å². The molecule has 6 nitrogen and oxygen atoms in total. The SMILES string of the molecule is CCOC(=O)/C=C/n1nnc(-c2ccccc2)n1. The van der Waals surface area contributed by atoms with Crippen molar-refractivity contribution in [1.82, 2.24) is 20.2 Å². The largest absolute Gasteiger partial charge is 0.463 e. The van der Waals surface area contributed by atoms with Gasteiger partial charge in [0.25, 0.3) is 0 Å². The van der Waals surface area contributed by atoms with E-state index in [1.54, 1.807) is 6.92 Å². The number of carbonyl (C=O) groups excluding carboxylic acids is 1. The second-order valence-electron chi connectivity index (χ2n) is 3.37. The standard InChI is InChI=1S/C12H12N4O2/c1-2-18-11(17)8-9-16-14-12(13-15-16)10-6-4-3-5-7-10/h3-9H,2H2,1H3/b9-8+. The first-order chi connectivity index (χ1) is 8.79. The monoisotopic (exact) mass is 244 g/mol. The van der Waals surface area contributed by atoms with E-state index in [1.807, 2.05) is 30.3 Å². The van der Waals surface area contributed by atoms with E-state index in [-0.39, 0.29) is 0 Å². The predicted molar refractivity (Wildman–Crippen MR) is 65.2 cm³/mol. The molecule has 0 saturated heterocycles. The average molecular weight is 244 g/mol. The van der Waals surface area contributed by atoms with Gasteiger partial charge in [0.05, 0.1) is 12.8 Å². The lowest BCUT2D eigenvalue weighted by Gasteiger charge is -1.93. The number of ether oxygens (including phenoxy) is 1. The minimum Gasteiger partial charge on any atom is -0.463 e. The summed E-state index contributed by atoms with van der Waals surface area (Å²) in [6.07, 6.45) is 2.65. The summed E-state index contributed by atoms with van der Waals surface area (Å²) in [5, 5.41) is 11.8. The summed E-state index contributed by atoms with van der Waals surface area (Å²) >= 11 is 0. The summed E-state index contributed by atoms with van der Waals surface area (Å²) in [7, 11) is 0. The van der Waals surface area contributed by atoms with Crippen molar-refractivity contribution in [3.05, 3.63) is 36.4 Å². The Morgan fingerprint density at radius 3 is 2.89 bits per heavy atom. The van der Waals surface area contributed by atoms with Gasteiger partial charge >= 0.3 is 5.97 Å². The molecule has 1 aromatic carbocycles. The van der Waals surface area contributed by atoms with Gasteiger partial charge in [-0.2, -0.15) is 0 Å². The Morgan fingerprint density at radius 1 is 1.39 bits per heavy atom. The molecule has 0 bridgehead atoms. The van der Waals surface area contributed by atoms with Gasteiger partial charge in [-0.15, -0.1) is 15.0 Å². The molecule has 6 heteroatoms. The third kappa shape index (κ3) is 3.00. The molecule has 1 heterocycles. The topological polar surface area (TPSA) is 69.9 Å². The molecule has 0 radical (unpaired) electrons. The van der Waals surface area contributed by atoms with E-state index in [0.29, 0.717) is 12.4 Å². The van der Waals surface area contributed by atoms with E-state index >= 15 is 0 Å². The van der Waals surface area contributed by atoms with Crippen molar-refractivity contribution in [2.24, 2.45) is 0 Å². The summed E-state index contributed by atoms with van der Waals surface area (Å²) in [4.78, 5) is 12.3. The average Bonchev–Trinajstić information content (AvgIpc) is 2.87. The first-order valence-corrected chi connectivity index (χ1v) is 5.49. The third-order valence-electron chi connectivity index (χ3n) is 2.09. The molecule has 0 spiro atoms. The van der Waals surface area contributed by atoms with Crippen LogP contribution in [0.4, 0.5) is 0 Å². The van der Waals surface area contributed by atoms with Gasteiger partial charge in [-0.05, 0) is 12.1 Å². The van der Waals surface area contributed by atoms with Gasteiger partial charge < -0.3 is 4.74 Å². The van der Waals surface area contributed by atoms with E-state index in [1.165, 1.54) is 17.1 Å². The van der Waals surface area contributed by atoms with Crippen LogP contribution < -0.4 is 0 Å². The van der Waals surface area contributed by atoms with Crippen molar-refractivity contribution in [2.75, 3.05) is 6.61 Å². The minimum atomic E-state index is -0.434. The van der Waals surface area contributed by atoms with Crippen LogP contribution in [0.2, 0.25) is 0 Å². The van der Waals surface area contributed by atoms with Crippen LogP contribution in [0, 0.1) is 0 Å². The lowest BCUT2D eigenvalue weighted by atomic mass is 10.2. The molecule has 0 atom stereocenters. The van der Waals surface area contributed by atoms with E-state index in [4.69, 9.17) is 4.74 Å². The highest BCUT2D eigenvalue weighted by Crippen LogP contribution is 2.11. The van der Waals surface area contributed by atoms with Crippen molar-refractivity contribution < 1.29 is 9.53 Å². The zero-order valence-electron chi connectivity index (χ0n) is 9.85. The van der Waals surface area contributed by atoms with Crippen LogP contribution in [0.3, 0.4) is 0 Å². The summed E-state index contributed by atoms with van der Waals surface area (Å²) in [5.41, 5.74) is 0.869. The lowest BCUT2D eigenvalue weighted by molar-refractivity contribution is -0.137. The zero-order valence-corrected chi connectivity index (χ0v) is 9.85. The summed E-state index contributed by atoms with van der Waals surface area (Å²) in [5.74, 6) is 0.0696. The molecule has 0 N–H and O–H groups in total. The number of aromatic nitrogens is 4. The molecule has 92 valence electrons. The van der Waals surface area contributed by atoms with Crippen LogP contribution in [0.25, 0.3) is 17.6 Å². The number of rotatable bonds is 4. The van der Waals surface area contributed by atoms with Gasteiger partial charge in [-0.1, -0.05) is 30.3 Å². The van der Waals surface area contributed by atoms with Gasteiger partial charge in [0, 0.05) is 11.6 Å². The lowest BCUT2D eigenvalue weighted by Crippen LogP contribution is -2.01. The van der Waals surface area contributed by atoms with Crippen molar-refractivity contribution in [3.8, 4) is 11.4 Å². The van der Waals surface area contributed by atoms with Gasteiger partial charge in [0.2, 0.25) is 5.82 Å². The molecule has 0 aliphatic rings. The number of hydrogen-bond acceptors (Lipinski definition) is 5. The van der Waals surface area contributed by atoms with Gasteiger partial charge in [0.1, 0.15) is 0 Å². The number of tetrazole rings is 1. The number of carbonyl (C=O) groups is 1. The molecular formula is C12H12N4O2. The van der Waals surface area contributed by atoms with Crippen LogP contribution in [-0.4, -0.2) is 32.8 Å². The fourth-order valence-electron chi connectivity index (χ4n) is 1.31. The van der Waals surface area contributed by atoms with Crippen molar-refractivity contribution in [2.45, 2.75) is 6.92 Å². The van der Waals surface area contributed by atoms with Crippen molar-refractivity contribution >= 4 is 12.2 Å². The molecule has 0 fully saturated rings. The summed E-state index contributed by atoms with van der Waals surface area (Å²) in [6.45, 7) is 2.08. The smallest absolute Gasteiger partial charge is 0.332 e. The van der Waals surface area contributed by atoms with Crippen molar-refractivity contribution in [3.63, 3.8) is 0 Å². The fraction of sp³-hybridized carbons (Fsp3) is 0.167. The molecule has 0 saturated carbocycles. The van der Waals surface area contributed by atoms with E-state index in [0.717, 1.165) is 5.56 Å². The molecule has 2 rings (SSSR count). The summed E-state index contributed by atoms with van der Waals surface area (Å²) < 4.78 is 4.74. The Labute approximate surface area is 104 Å². The fourth-order valence-corrected chi connectivity index (χ4v) is 1.31. The molecular weight excluding hydrogens is 232 g/mol. The number of benzene rings is 1. The number of esters is 1. The highest BCUT2D eigenvalue weighted by Gasteiger charge is 2.03. The second kappa shape index (κ2) is 5.72. The second-order valence-corrected chi connectivity index (χ2v) is 3.37. The maximum Gasteiger partial charge on any atom is 0.332 e. The highest BCUT2D eigenvalue weighted by atomic mass is 16.5. The van der Waals surface area contributed by atoms with E-state index < -0.39 is 5.97 Å². The minimum absolute atomic E-state index is 0.337. The normalized spacial score (nSPS) is 10.7. The molecule has 0 aliphatic heterocycles. The molecule has 1 aromatic heterocycles. The molecule has 2 aromatic rings. The molecule has 0 aliphatic carbocycles. The Bertz CT molecular complexity index is 548. The molecule has 18 heavy (non-hydrogen) atoms. The quantitative estimate of drug-likeness (QED) is 0.600. The Hall–Kier alpha value is -2.50. The number of nitrogens with zero attached hydrogens (tertiary/aromatic N) is 4. The van der Waals surface area contributed by atoms with Gasteiger partial charge in [-0.25, -0.2) is 4.79 Å². The zero-order chi connectivity index (χ0) is 12.8. The van der Waals surface area contributed by atoms with Crippen LogP contribution >= 0.6 is 0 Å². The van der Waals surface area contributed by atoms with Gasteiger partial charge in [0.15, 0.2) is 0 Å². The van der Waals surface area contributed by atoms with Crippen LogP contribution in [0.15, 0.2) is 36.4 Å². The molecule has 0 amide bonds. The predicted octanol–water partition coefficient (Wildman–Crippen LogP) is 1.37.